The molecule has 0 aromatic heterocycles. The van der Waals surface area contributed by atoms with Gasteiger partial charge in [0, 0.05) is 39.3 Å². The number of benzene rings is 2. The number of hydrogen-bond acceptors (Lipinski definition) is 5. The molecule has 32 heavy (non-hydrogen) atoms. The van der Waals surface area contributed by atoms with Crippen LogP contribution in [0, 0.1) is 0 Å². The van der Waals surface area contributed by atoms with E-state index >= 15 is 0 Å². The number of piperazine rings is 1. The molecule has 4 rings (SSSR count). The molecule has 0 spiro atoms. The molecule has 1 fully saturated rings. The third-order valence-electron chi connectivity index (χ3n) is 6.20. The molecule has 2 heterocycles. The van der Waals surface area contributed by atoms with E-state index in [9.17, 15) is 9.59 Å². The number of hydrogen-bond donors (Lipinski definition) is 0. The van der Waals surface area contributed by atoms with Crippen LogP contribution >= 0.6 is 0 Å². The highest BCUT2D eigenvalue weighted by molar-refractivity contribution is 6.35. The number of unbranched alkanes of at least 4 members (excludes halogenated alkanes) is 1. The van der Waals surface area contributed by atoms with E-state index in [1.54, 1.807) is 7.11 Å². The van der Waals surface area contributed by atoms with Crippen LogP contribution in [0.25, 0.3) is 5.57 Å². The lowest BCUT2D eigenvalue weighted by atomic mass is 10.0. The van der Waals surface area contributed by atoms with Crippen LogP contribution in [0.4, 0.5) is 0 Å². The zero-order valence-electron chi connectivity index (χ0n) is 18.9. The molecule has 2 aromatic rings. The molecule has 0 radical (unpaired) electrons. The Kier molecular flexibility index (Phi) is 6.90. The minimum absolute atomic E-state index is 0.161. The van der Waals surface area contributed by atoms with E-state index in [4.69, 9.17) is 4.74 Å². The van der Waals surface area contributed by atoms with Gasteiger partial charge in [-0.05, 0) is 29.7 Å². The summed E-state index contributed by atoms with van der Waals surface area (Å²) < 4.78 is 5.26. The molecule has 0 N–H and O–H groups in total. The van der Waals surface area contributed by atoms with Crippen LogP contribution in [0.3, 0.4) is 0 Å². The van der Waals surface area contributed by atoms with Crippen LogP contribution in [0.5, 0.6) is 5.75 Å². The highest BCUT2D eigenvalue weighted by atomic mass is 16.5. The Labute approximate surface area is 190 Å². The maximum Gasteiger partial charge on any atom is 0.277 e. The van der Waals surface area contributed by atoms with Gasteiger partial charge in [0.1, 0.15) is 11.4 Å². The molecule has 6 heteroatoms. The zero-order valence-corrected chi connectivity index (χ0v) is 18.9. The zero-order chi connectivity index (χ0) is 22.5. The number of amides is 2. The molecule has 2 aromatic carbocycles. The maximum atomic E-state index is 13.4. The second-order valence-electron chi connectivity index (χ2n) is 8.32. The van der Waals surface area contributed by atoms with Gasteiger partial charge in [-0.15, -0.1) is 0 Å². The van der Waals surface area contributed by atoms with Gasteiger partial charge in [0.25, 0.3) is 11.8 Å². The van der Waals surface area contributed by atoms with Crippen LogP contribution in [0.1, 0.15) is 30.9 Å². The van der Waals surface area contributed by atoms with E-state index in [1.165, 1.54) is 10.5 Å². The minimum Gasteiger partial charge on any atom is -0.497 e. The lowest BCUT2D eigenvalue weighted by Gasteiger charge is -2.36. The first-order valence-electron chi connectivity index (χ1n) is 11.4. The topological polar surface area (TPSA) is 53.1 Å². The monoisotopic (exact) mass is 433 g/mol. The summed E-state index contributed by atoms with van der Waals surface area (Å²) in [6.45, 7) is 6.58. The van der Waals surface area contributed by atoms with Crippen molar-refractivity contribution in [1.29, 1.82) is 0 Å². The molecule has 0 bridgehead atoms. The number of nitrogens with zero attached hydrogens (tertiary/aromatic N) is 3. The van der Waals surface area contributed by atoms with Crippen molar-refractivity contribution in [2.24, 2.45) is 0 Å². The van der Waals surface area contributed by atoms with E-state index in [2.05, 4.69) is 41.0 Å². The van der Waals surface area contributed by atoms with Crippen molar-refractivity contribution < 1.29 is 14.3 Å². The van der Waals surface area contributed by atoms with Gasteiger partial charge < -0.3 is 9.64 Å². The fourth-order valence-corrected chi connectivity index (χ4v) is 4.37. The highest BCUT2D eigenvalue weighted by Gasteiger charge is 2.41. The van der Waals surface area contributed by atoms with Crippen molar-refractivity contribution in [3.63, 3.8) is 0 Å². The molecule has 0 atom stereocenters. The lowest BCUT2D eigenvalue weighted by molar-refractivity contribution is -0.137. The average molecular weight is 434 g/mol. The van der Waals surface area contributed by atoms with Gasteiger partial charge in [-0.2, -0.15) is 0 Å². The quantitative estimate of drug-likeness (QED) is 0.598. The predicted molar refractivity (Wildman–Crippen MR) is 125 cm³/mol. The molecule has 168 valence electrons. The summed E-state index contributed by atoms with van der Waals surface area (Å²) in [4.78, 5) is 32.6. The Morgan fingerprint density at radius 3 is 2.19 bits per heavy atom. The van der Waals surface area contributed by atoms with Gasteiger partial charge >= 0.3 is 0 Å². The van der Waals surface area contributed by atoms with Crippen LogP contribution in [-0.4, -0.2) is 66.3 Å². The van der Waals surface area contributed by atoms with Gasteiger partial charge in [-0.3, -0.25) is 19.4 Å². The first-order valence-corrected chi connectivity index (χ1v) is 11.4. The first kappa shape index (κ1) is 22.1. The van der Waals surface area contributed by atoms with E-state index in [0.29, 0.717) is 17.8 Å². The number of methoxy groups -OCH3 is 1. The normalized spacial score (nSPS) is 17.4. The van der Waals surface area contributed by atoms with Gasteiger partial charge in [-0.25, -0.2) is 0 Å². The van der Waals surface area contributed by atoms with E-state index in [0.717, 1.165) is 56.9 Å². The summed E-state index contributed by atoms with van der Waals surface area (Å²) in [5.74, 6) is 0.381. The Bertz CT molecular complexity index is 977. The fraction of sp³-hybridized carbons (Fsp3) is 0.385. The van der Waals surface area contributed by atoms with Crippen LogP contribution < -0.4 is 4.74 Å². The summed E-state index contributed by atoms with van der Waals surface area (Å²) >= 11 is 0. The summed E-state index contributed by atoms with van der Waals surface area (Å²) in [5, 5.41) is 0. The molecule has 2 aliphatic rings. The Morgan fingerprint density at radius 2 is 1.56 bits per heavy atom. The lowest BCUT2D eigenvalue weighted by Crippen LogP contribution is -2.47. The fourth-order valence-electron chi connectivity index (χ4n) is 4.37. The third kappa shape index (κ3) is 4.55. The molecule has 6 nitrogen and oxygen atoms in total. The SMILES string of the molecule is CCCCN1C(=O)C(c2ccc(OC)cc2)=C(N2CCN(Cc3ccccc3)CC2)C1=O. The van der Waals surface area contributed by atoms with Gasteiger partial charge in [0.2, 0.25) is 0 Å². The smallest absolute Gasteiger partial charge is 0.277 e. The third-order valence-corrected chi connectivity index (χ3v) is 6.20. The highest BCUT2D eigenvalue weighted by Crippen LogP contribution is 2.33. The van der Waals surface area contributed by atoms with Crippen LogP contribution in [0.15, 0.2) is 60.3 Å². The molecular formula is C26H31N3O3. The predicted octanol–water partition coefficient (Wildman–Crippen LogP) is 3.39. The van der Waals surface area contributed by atoms with E-state index in [1.807, 2.05) is 30.3 Å². The summed E-state index contributed by atoms with van der Waals surface area (Å²) in [6, 6.07) is 17.8. The number of carbonyl (C=O) groups is 2. The van der Waals surface area contributed by atoms with Crippen molar-refractivity contribution >= 4 is 17.4 Å². The number of carbonyl (C=O) groups excluding carboxylic acids is 2. The summed E-state index contributed by atoms with van der Waals surface area (Å²) in [6.07, 6.45) is 1.74. The first-order chi connectivity index (χ1) is 15.6. The Balaban J connectivity index is 1.57. The maximum absolute atomic E-state index is 13.4. The molecular weight excluding hydrogens is 402 g/mol. The molecule has 0 unspecified atom stereocenters. The number of rotatable bonds is 8. The Hall–Kier alpha value is -3.12. The van der Waals surface area contributed by atoms with Crippen molar-refractivity contribution in [2.45, 2.75) is 26.3 Å². The Morgan fingerprint density at radius 1 is 0.875 bits per heavy atom. The molecule has 0 saturated carbocycles. The second kappa shape index (κ2) is 10.0. The van der Waals surface area contributed by atoms with Gasteiger partial charge in [0.15, 0.2) is 0 Å². The van der Waals surface area contributed by atoms with Gasteiger partial charge in [-0.1, -0.05) is 55.8 Å². The number of ether oxygens (including phenoxy) is 1. The largest absolute Gasteiger partial charge is 0.497 e. The molecule has 0 aliphatic carbocycles. The van der Waals surface area contributed by atoms with E-state index in [-0.39, 0.29) is 11.8 Å². The average Bonchev–Trinajstić information content (AvgIpc) is 3.08. The second-order valence-corrected chi connectivity index (χ2v) is 8.32. The van der Waals surface area contributed by atoms with Crippen molar-refractivity contribution in [3.8, 4) is 5.75 Å². The standard InChI is InChI=1S/C26H31N3O3/c1-3-4-14-29-25(30)23(21-10-12-22(32-2)13-11-21)24(26(29)31)28-17-15-27(16-18-28)19-20-8-6-5-7-9-20/h5-13H,3-4,14-19H2,1-2H3. The summed E-state index contributed by atoms with van der Waals surface area (Å²) in [7, 11) is 1.62. The van der Waals surface area contributed by atoms with Crippen molar-refractivity contribution in [2.75, 3.05) is 39.8 Å². The van der Waals surface area contributed by atoms with E-state index < -0.39 is 0 Å². The minimum atomic E-state index is -0.185. The van der Waals surface area contributed by atoms with Crippen molar-refractivity contribution in [3.05, 3.63) is 71.4 Å². The molecule has 1 saturated heterocycles. The summed E-state index contributed by atoms with van der Waals surface area (Å²) in [5.41, 5.74) is 3.13. The van der Waals surface area contributed by atoms with Gasteiger partial charge in [0.05, 0.1) is 12.7 Å². The van der Waals surface area contributed by atoms with Crippen LogP contribution in [-0.2, 0) is 16.1 Å². The molecule has 2 aliphatic heterocycles. The molecule has 2 amide bonds. The number of imide groups is 1. The van der Waals surface area contributed by atoms with Crippen LogP contribution in [0.2, 0.25) is 0 Å². The van der Waals surface area contributed by atoms with Crippen molar-refractivity contribution in [1.82, 2.24) is 14.7 Å².